The molecule has 0 aliphatic rings. The molecule has 1 aromatic heterocycles. The molecule has 31 heavy (non-hydrogen) atoms. The van der Waals surface area contributed by atoms with Crippen LogP contribution in [0.4, 0.5) is 0 Å². The number of benzene rings is 2. The number of aromatic nitrogens is 3. The lowest BCUT2D eigenvalue weighted by atomic mass is 10.1. The largest absolute Gasteiger partial charge is 0.493 e. The van der Waals surface area contributed by atoms with Crippen LogP contribution in [-0.4, -0.2) is 46.3 Å². The maximum absolute atomic E-state index is 12.7. The predicted octanol–water partition coefficient (Wildman–Crippen LogP) is 3.41. The van der Waals surface area contributed by atoms with Crippen molar-refractivity contribution in [1.29, 1.82) is 5.26 Å². The van der Waals surface area contributed by atoms with Gasteiger partial charge in [-0.1, -0.05) is 18.2 Å². The fraction of sp³-hybridized carbons (Fsp3) is 0.217. The summed E-state index contributed by atoms with van der Waals surface area (Å²) in [4.78, 5) is 18.3. The topological polar surface area (TPSA) is 93.3 Å². The Balaban J connectivity index is 1.67. The molecule has 0 fully saturated rings. The summed E-state index contributed by atoms with van der Waals surface area (Å²) < 4.78 is 12.3. The summed E-state index contributed by atoms with van der Waals surface area (Å²) in [6, 6.07) is 14.9. The van der Waals surface area contributed by atoms with Gasteiger partial charge in [-0.25, -0.2) is 9.67 Å². The van der Waals surface area contributed by atoms with Gasteiger partial charge in [0, 0.05) is 13.1 Å². The van der Waals surface area contributed by atoms with Crippen LogP contribution in [0.1, 0.15) is 24.1 Å². The lowest BCUT2D eigenvalue weighted by molar-refractivity contribution is -0.126. The van der Waals surface area contributed by atoms with Gasteiger partial charge in [-0.3, -0.25) is 4.79 Å². The van der Waals surface area contributed by atoms with Gasteiger partial charge in [0.2, 0.25) is 5.91 Å². The number of rotatable bonds is 8. The maximum atomic E-state index is 12.7. The van der Waals surface area contributed by atoms with Gasteiger partial charge in [-0.2, -0.15) is 10.4 Å². The Morgan fingerprint density at radius 1 is 1.26 bits per heavy atom. The molecule has 158 valence electrons. The number of likely N-dealkylation sites (N-methyl/N-ethyl adjacent to an activating group) is 1. The normalized spacial score (nSPS) is 11.7. The Labute approximate surface area is 181 Å². The highest BCUT2D eigenvalue weighted by Gasteiger charge is 2.15. The minimum Gasteiger partial charge on any atom is -0.493 e. The fourth-order valence-corrected chi connectivity index (χ4v) is 2.96. The highest BCUT2D eigenvalue weighted by atomic mass is 16.5. The summed E-state index contributed by atoms with van der Waals surface area (Å²) in [7, 11) is 3.29. The van der Waals surface area contributed by atoms with Gasteiger partial charge in [0.15, 0.2) is 18.1 Å². The van der Waals surface area contributed by atoms with E-state index >= 15 is 0 Å². The molecule has 0 aliphatic carbocycles. The molecule has 8 nitrogen and oxygen atoms in total. The Hall–Kier alpha value is -4.12. The minimum atomic E-state index is -0.128. The van der Waals surface area contributed by atoms with Crippen LogP contribution < -0.4 is 9.47 Å². The van der Waals surface area contributed by atoms with E-state index in [1.54, 1.807) is 47.2 Å². The average molecular weight is 417 g/mol. The van der Waals surface area contributed by atoms with Crippen molar-refractivity contribution >= 4 is 12.0 Å². The third-order valence-electron chi connectivity index (χ3n) is 4.89. The monoisotopic (exact) mass is 417 g/mol. The van der Waals surface area contributed by atoms with Crippen LogP contribution in [0.25, 0.3) is 11.8 Å². The van der Waals surface area contributed by atoms with E-state index in [1.165, 1.54) is 19.5 Å². The molecular formula is C23H23N5O3. The van der Waals surface area contributed by atoms with E-state index in [0.29, 0.717) is 11.5 Å². The van der Waals surface area contributed by atoms with Gasteiger partial charge in [-0.05, 0) is 48.4 Å². The first kappa shape index (κ1) is 21.6. The van der Waals surface area contributed by atoms with Crippen LogP contribution in [0, 0.1) is 11.3 Å². The van der Waals surface area contributed by atoms with Crippen molar-refractivity contribution in [2.75, 3.05) is 20.8 Å². The van der Waals surface area contributed by atoms with Gasteiger partial charge in [0.1, 0.15) is 18.7 Å². The first-order chi connectivity index (χ1) is 15.0. The van der Waals surface area contributed by atoms with Crippen LogP contribution in [-0.2, 0) is 4.79 Å². The summed E-state index contributed by atoms with van der Waals surface area (Å²) in [5.74, 6) is 0.850. The van der Waals surface area contributed by atoms with E-state index in [9.17, 15) is 4.79 Å². The lowest BCUT2D eigenvalue weighted by Crippen LogP contribution is -2.27. The minimum absolute atomic E-state index is 0.0630. The van der Waals surface area contributed by atoms with Crippen molar-refractivity contribution in [2.45, 2.75) is 13.0 Å². The molecule has 2 aromatic carbocycles. The van der Waals surface area contributed by atoms with Crippen molar-refractivity contribution in [3.05, 3.63) is 72.3 Å². The first-order valence-electron chi connectivity index (χ1n) is 9.61. The third kappa shape index (κ3) is 5.28. The van der Waals surface area contributed by atoms with Crippen molar-refractivity contribution in [3.63, 3.8) is 0 Å². The highest BCUT2D eigenvalue weighted by molar-refractivity contribution is 5.92. The number of hydrogen-bond donors (Lipinski definition) is 0. The number of nitrogens with zero attached hydrogens (tertiary/aromatic N) is 5. The van der Waals surface area contributed by atoms with Crippen LogP contribution in [0.5, 0.6) is 11.5 Å². The summed E-state index contributed by atoms with van der Waals surface area (Å²) in [6.45, 7) is 1.91. The second-order valence-corrected chi connectivity index (χ2v) is 6.75. The fourth-order valence-electron chi connectivity index (χ4n) is 2.96. The number of ether oxygens (including phenoxy) is 2. The number of hydrogen-bond acceptors (Lipinski definition) is 6. The SMILES string of the molecule is COc1cc(/C=C/C(=O)N(C)C(C)c2ccc(-n3cncn3)cc2)ccc1OCC#N. The van der Waals surface area contributed by atoms with Crippen molar-refractivity contribution in [3.8, 4) is 23.3 Å². The Morgan fingerprint density at radius 2 is 2.03 bits per heavy atom. The van der Waals surface area contributed by atoms with Gasteiger partial charge in [0.05, 0.1) is 18.8 Å². The summed E-state index contributed by atoms with van der Waals surface area (Å²) >= 11 is 0. The third-order valence-corrected chi connectivity index (χ3v) is 4.89. The first-order valence-corrected chi connectivity index (χ1v) is 9.61. The zero-order valence-electron chi connectivity index (χ0n) is 17.6. The lowest BCUT2D eigenvalue weighted by Gasteiger charge is -2.24. The molecule has 1 amide bonds. The van der Waals surface area contributed by atoms with E-state index < -0.39 is 0 Å². The second kappa shape index (κ2) is 10.1. The summed E-state index contributed by atoms with van der Waals surface area (Å²) in [5, 5.41) is 12.8. The quantitative estimate of drug-likeness (QED) is 0.522. The van der Waals surface area contributed by atoms with Gasteiger partial charge < -0.3 is 14.4 Å². The summed E-state index contributed by atoms with van der Waals surface area (Å²) in [6.07, 6.45) is 6.36. The Kier molecular flexibility index (Phi) is 7.01. The van der Waals surface area contributed by atoms with Crippen LogP contribution in [0.2, 0.25) is 0 Å². The molecule has 8 heteroatoms. The molecule has 0 saturated heterocycles. The maximum Gasteiger partial charge on any atom is 0.246 e. The van der Waals surface area contributed by atoms with Crippen LogP contribution in [0.3, 0.4) is 0 Å². The molecule has 1 atom stereocenters. The number of nitriles is 1. The van der Waals surface area contributed by atoms with Crippen molar-refractivity contribution < 1.29 is 14.3 Å². The molecule has 1 unspecified atom stereocenters. The molecule has 1 heterocycles. The van der Waals surface area contributed by atoms with E-state index in [4.69, 9.17) is 14.7 Å². The zero-order valence-corrected chi connectivity index (χ0v) is 17.6. The summed E-state index contributed by atoms with van der Waals surface area (Å²) in [5.41, 5.74) is 2.69. The van der Waals surface area contributed by atoms with E-state index in [0.717, 1.165) is 16.8 Å². The highest BCUT2D eigenvalue weighted by Crippen LogP contribution is 2.28. The molecule has 3 rings (SSSR count). The Bertz CT molecular complexity index is 1090. The van der Waals surface area contributed by atoms with E-state index in [1.807, 2.05) is 37.3 Å². The van der Waals surface area contributed by atoms with E-state index in [2.05, 4.69) is 10.1 Å². The van der Waals surface area contributed by atoms with E-state index in [-0.39, 0.29) is 18.6 Å². The smallest absolute Gasteiger partial charge is 0.246 e. The molecule has 0 spiro atoms. The standard InChI is InChI=1S/C23H23N5O3/c1-17(19-6-8-20(9-7-19)28-16-25-15-26-28)27(2)23(29)11-5-18-4-10-21(31-13-12-24)22(14-18)30-3/h4-11,14-17H,13H2,1-3H3/b11-5+. The molecule has 0 aliphatic heterocycles. The predicted molar refractivity (Wildman–Crippen MR) is 116 cm³/mol. The molecular weight excluding hydrogens is 394 g/mol. The van der Waals surface area contributed by atoms with Gasteiger partial charge in [0.25, 0.3) is 0 Å². The molecule has 0 N–H and O–H groups in total. The zero-order chi connectivity index (χ0) is 22.2. The molecule has 3 aromatic rings. The molecule has 0 bridgehead atoms. The van der Waals surface area contributed by atoms with Gasteiger partial charge >= 0.3 is 0 Å². The van der Waals surface area contributed by atoms with Crippen molar-refractivity contribution in [1.82, 2.24) is 19.7 Å². The van der Waals surface area contributed by atoms with Crippen molar-refractivity contribution in [2.24, 2.45) is 0 Å². The van der Waals surface area contributed by atoms with Gasteiger partial charge in [-0.15, -0.1) is 0 Å². The number of carbonyl (C=O) groups is 1. The number of carbonyl (C=O) groups excluding carboxylic acids is 1. The average Bonchev–Trinajstić information content (AvgIpc) is 3.35. The number of amides is 1. The van der Waals surface area contributed by atoms with Crippen LogP contribution in [0.15, 0.2) is 61.2 Å². The Morgan fingerprint density at radius 3 is 2.68 bits per heavy atom. The number of methoxy groups -OCH3 is 1. The molecule has 0 saturated carbocycles. The van der Waals surface area contributed by atoms with Crippen LogP contribution >= 0.6 is 0 Å². The second-order valence-electron chi connectivity index (χ2n) is 6.75. The molecule has 0 radical (unpaired) electrons.